The third-order valence-electron chi connectivity index (χ3n) is 2.46. The summed E-state index contributed by atoms with van der Waals surface area (Å²) >= 11 is 3.35. The molecule has 0 saturated heterocycles. The highest BCUT2D eigenvalue weighted by Crippen LogP contribution is 2.25. The first-order chi connectivity index (χ1) is 8.72. The molecule has 2 rings (SSSR count). The first kappa shape index (κ1) is 12.6. The number of anilines is 2. The van der Waals surface area contributed by atoms with Crippen LogP contribution in [0.3, 0.4) is 0 Å². The van der Waals surface area contributed by atoms with Crippen LogP contribution in [0, 0.1) is 0 Å². The number of hydrogen-bond donors (Lipinski definition) is 2. The number of nitrogens with zero attached hydrogens (tertiary/aromatic N) is 2. The van der Waals surface area contributed by atoms with Gasteiger partial charge in [0.1, 0.15) is 28.2 Å². The smallest absolute Gasteiger partial charge is 0.146 e. The molecule has 0 fully saturated rings. The van der Waals surface area contributed by atoms with Crippen molar-refractivity contribution < 1.29 is 4.74 Å². The fraction of sp³-hybridized carbons (Fsp3) is 0.167. The first-order valence-electron chi connectivity index (χ1n) is 5.34. The molecular formula is C12H13BrN4O. The second kappa shape index (κ2) is 5.68. The minimum Gasteiger partial charge on any atom is -0.496 e. The van der Waals surface area contributed by atoms with E-state index in [9.17, 15) is 0 Å². The van der Waals surface area contributed by atoms with Crippen molar-refractivity contribution in [3.8, 4) is 5.75 Å². The molecule has 0 aliphatic heterocycles. The van der Waals surface area contributed by atoms with Crippen LogP contribution in [0.25, 0.3) is 0 Å². The highest BCUT2D eigenvalue weighted by molar-refractivity contribution is 9.10. The second-order valence-corrected chi connectivity index (χ2v) is 4.38. The number of nitrogens with two attached hydrogens (primary N) is 1. The highest BCUT2D eigenvalue weighted by Gasteiger charge is 2.07. The molecule has 0 spiro atoms. The van der Waals surface area contributed by atoms with Crippen molar-refractivity contribution in [1.29, 1.82) is 0 Å². The molecule has 6 heteroatoms. The zero-order chi connectivity index (χ0) is 13.0. The van der Waals surface area contributed by atoms with Crippen LogP contribution in [-0.2, 0) is 6.54 Å². The summed E-state index contributed by atoms with van der Waals surface area (Å²) < 4.78 is 5.95. The summed E-state index contributed by atoms with van der Waals surface area (Å²) in [5.74, 6) is 1.91. The van der Waals surface area contributed by atoms with Crippen LogP contribution in [0.4, 0.5) is 11.6 Å². The lowest BCUT2D eigenvalue weighted by atomic mass is 10.2. The lowest BCUT2D eigenvalue weighted by molar-refractivity contribution is 0.410. The number of rotatable bonds is 4. The van der Waals surface area contributed by atoms with Crippen molar-refractivity contribution in [2.45, 2.75) is 6.54 Å². The molecular weight excluding hydrogens is 296 g/mol. The summed E-state index contributed by atoms with van der Waals surface area (Å²) in [6, 6.07) is 7.80. The molecule has 0 atom stereocenters. The summed E-state index contributed by atoms with van der Waals surface area (Å²) in [5.41, 5.74) is 6.73. The number of para-hydroxylation sites is 1. The number of nitrogens with one attached hydrogen (secondary N) is 1. The zero-order valence-corrected chi connectivity index (χ0v) is 11.4. The zero-order valence-electron chi connectivity index (χ0n) is 9.85. The second-order valence-electron chi connectivity index (χ2n) is 3.59. The highest BCUT2D eigenvalue weighted by atomic mass is 79.9. The normalized spacial score (nSPS) is 10.1. The van der Waals surface area contributed by atoms with Crippen LogP contribution < -0.4 is 15.8 Å². The Hall–Kier alpha value is -1.82. The van der Waals surface area contributed by atoms with Crippen LogP contribution in [0.2, 0.25) is 0 Å². The molecule has 0 amide bonds. The van der Waals surface area contributed by atoms with Crippen molar-refractivity contribution in [2.24, 2.45) is 0 Å². The van der Waals surface area contributed by atoms with Gasteiger partial charge in [-0.15, -0.1) is 0 Å². The number of halogens is 1. The van der Waals surface area contributed by atoms with Crippen molar-refractivity contribution >= 4 is 27.6 Å². The van der Waals surface area contributed by atoms with Gasteiger partial charge in [0.05, 0.1) is 7.11 Å². The molecule has 94 valence electrons. The standard InChI is InChI=1S/C12H13BrN4O/c1-18-9-5-3-2-4-8(9)6-15-12-10(13)11(14)16-7-17-12/h2-5,7H,6H2,1H3,(H3,14,15,16,17). The van der Waals surface area contributed by atoms with Gasteiger partial charge in [0, 0.05) is 12.1 Å². The van der Waals surface area contributed by atoms with Crippen molar-refractivity contribution in [2.75, 3.05) is 18.2 Å². The average molecular weight is 309 g/mol. The molecule has 3 N–H and O–H groups in total. The number of hydrogen-bond acceptors (Lipinski definition) is 5. The van der Waals surface area contributed by atoms with Gasteiger partial charge in [-0.1, -0.05) is 18.2 Å². The molecule has 5 nitrogen and oxygen atoms in total. The van der Waals surface area contributed by atoms with E-state index in [1.807, 2.05) is 24.3 Å². The van der Waals surface area contributed by atoms with Crippen molar-refractivity contribution in [3.05, 3.63) is 40.6 Å². The molecule has 2 aromatic rings. The molecule has 1 aromatic heterocycles. The van der Waals surface area contributed by atoms with E-state index >= 15 is 0 Å². The average Bonchev–Trinajstić information content (AvgIpc) is 2.41. The third kappa shape index (κ3) is 2.70. The predicted molar refractivity (Wildman–Crippen MR) is 74.5 cm³/mol. The molecule has 0 bridgehead atoms. The molecule has 0 aliphatic carbocycles. The summed E-state index contributed by atoms with van der Waals surface area (Å²) in [7, 11) is 1.65. The van der Waals surface area contributed by atoms with Gasteiger partial charge in [-0.05, 0) is 22.0 Å². The number of aromatic nitrogens is 2. The maximum atomic E-state index is 5.68. The van der Waals surface area contributed by atoms with E-state index in [1.54, 1.807) is 7.11 Å². The van der Waals surface area contributed by atoms with Crippen molar-refractivity contribution in [1.82, 2.24) is 9.97 Å². The van der Waals surface area contributed by atoms with Crippen LogP contribution in [0.5, 0.6) is 5.75 Å². The monoisotopic (exact) mass is 308 g/mol. The number of nitrogen functional groups attached to an aromatic ring is 1. The summed E-state index contributed by atoms with van der Waals surface area (Å²) in [4.78, 5) is 8.00. The Labute approximate surface area is 114 Å². The number of benzene rings is 1. The minimum atomic E-state index is 0.410. The van der Waals surface area contributed by atoms with Gasteiger partial charge in [0.25, 0.3) is 0 Å². The SMILES string of the molecule is COc1ccccc1CNc1ncnc(N)c1Br. The molecule has 0 aliphatic rings. The van der Waals surface area contributed by atoms with E-state index in [1.165, 1.54) is 6.33 Å². The summed E-state index contributed by atoms with van der Waals surface area (Å²) in [6.45, 7) is 0.596. The Kier molecular flexibility index (Phi) is 3.99. The Bertz CT molecular complexity index is 547. The number of ether oxygens (including phenoxy) is 1. The van der Waals surface area contributed by atoms with Crippen LogP contribution in [0.15, 0.2) is 35.1 Å². The summed E-state index contributed by atoms with van der Waals surface area (Å²) in [6.07, 6.45) is 1.42. The van der Waals surface area contributed by atoms with E-state index in [4.69, 9.17) is 10.5 Å². The predicted octanol–water partition coefficient (Wildman–Crippen LogP) is 2.44. The third-order valence-corrected chi connectivity index (χ3v) is 3.24. The molecule has 18 heavy (non-hydrogen) atoms. The van der Waals surface area contributed by atoms with Gasteiger partial charge in [-0.25, -0.2) is 9.97 Å². The Morgan fingerprint density at radius 3 is 2.89 bits per heavy atom. The minimum absolute atomic E-state index is 0.410. The molecule has 1 heterocycles. The van der Waals surface area contributed by atoms with Crippen LogP contribution >= 0.6 is 15.9 Å². The quantitative estimate of drug-likeness (QED) is 0.907. The molecule has 0 unspecified atom stereocenters. The topological polar surface area (TPSA) is 73.1 Å². The molecule has 1 aromatic carbocycles. The molecule has 0 radical (unpaired) electrons. The number of methoxy groups -OCH3 is 1. The van der Waals surface area contributed by atoms with Crippen LogP contribution in [-0.4, -0.2) is 17.1 Å². The Balaban J connectivity index is 2.14. The van der Waals surface area contributed by atoms with Gasteiger partial charge in [0.2, 0.25) is 0 Å². The first-order valence-corrected chi connectivity index (χ1v) is 6.13. The lowest BCUT2D eigenvalue weighted by Crippen LogP contribution is -2.05. The van der Waals surface area contributed by atoms with E-state index in [2.05, 4.69) is 31.2 Å². The van der Waals surface area contributed by atoms with Gasteiger partial charge >= 0.3 is 0 Å². The fourth-order valence-electron chi connectivity index (χ4n) is 1.53. The van der Waals surface area contributed by atoms with Crippen LogP contribution in [0.1, 0.15) is 5.56 Å². The van der Waals surface area contributed by atoms with E-state index in [0.29, 0.717) is 22.7 Å². The largest absolute Gasteiger partial charge is 0.496 e. The fourth-order valence-corrected chi connectivity index (χ4v) is 1.88. The maximum absolute atomic E-state index is 5.68. The van der Waals surface area contributed by atoms with Gasteiger partial charge in [-0.2, -0.15) is 0 Å². The van der Waals surface area contributed by atoms with Crippen molar-refractivity contribution in [3.63, 3.8) is 0 Å². The van der Waals surface area contributed by atoms with Gasteiger partial charge < -0.3 is 15.8 Å². The molecule has 0 saturated carbocycles. The van der Waals surface area contributed by atoms with E-state index in [0.717, 1.165) is 11.3 Å². The Morgan fingerprint density at radius 2 is 2.11 bits per heavy atom. The maximum Gasteiger partial charge on any atom is 0.146 e. The Morgan fingerprint density at radius 1 is 1.33 bits per heavy atom. The van der Waals surface area contributed by atoms with Gasteiger partial charge in [0.15, 0.2) is 0 Å². The van der Waals surface area contributed by atoms with E-state index < -0.39 is 0 Å². The van der Waals surface area contributed by atoms with Gasteiger partial charge in [-0.3, -0.25) is 0 Å². The lowest BCUT2D eigenvalue weighted by Gasteiger charge is -2.11. The summed E-state index contributed by atoms with van der Waals surface area (Å²) in [5, 5.41) is 3.19. The van der Waals surface area contributed by atoms with E-state index in [-0.39, 0.29) is 0 Å².